The van der Waals surface area contributed by atoms with Gasteiger partial charge >= 0.3 is 6.01 Å². The highest BCUT2D eigenvalue weighted by Crippen LogP contribution is 2.10. The smallest absolute Gasteiger partial charge is 0.319 e. The van der Waals surface area contributed by atoms with Crippen molar-refractivity contribution in [1.82, 2.24) is 15.3 Å². The predicted octanol–water partition coefficient (Wildman–Crippen LogP) is 0.862. The minimum absolute atomic E-state index is 0.0341. The molecule has 0 saturated carbocycles. The highest BCUT2D eigenvalue weighted by atomic mass is 16.5. The van der Waals surface area contributed by atoms with Gasteiger partial charge in [0.2, 0.25) is 5.88 Å². The van der Waals surface area contributed by atoms with Crippen molar-refractivity contribution in [2.75, 3.05) is 20.2 Å². The second-order valence-corrected chi connectivity index (χ2v) is 3.10. The molecular weight excluding hydrogens is 194 g/mol. The molecule has 0 aliphatic carbocycles. The molecule has 15 heavy (non-hydrogen) atoms. The van der Waals surface area contributed by atoms with E-state index in [4.69, 9.17) is 9.47 Å². The monoisotopic (exact) mass is 211 g/mol. The van der Waals surface area contributed by atoms with Gasteiger partial charge in [-0.05, 0) is 20.9 Å². The first-order valence-corrected chi connectivity index (χ1v) is 5.03. The van der Waals surface area contributed by atoms with Crippen LogP contribution in [0.2, 0.25) is 0 Å². The van der Waals surface area contributed by atoms with Crippen LogP contribution < -0.4 is 14.8 Å². The Labute approximate surface area is 89.8 Å². The summed E-state index contributed by atoms with van der Waals surface area (Å²) in [7, 11) is 1.87. The lowest BCUT2D eigenvalue weighted by Gasteiger charge is -2.12. The summed E-state index contributed by atoms with van der Waals surface area (Å²) in [6.45, 7) is 5.20. The van der Waals surface area contributed by atoms with Crippen LogP contribution in [0.5, 0.6) is 11.9 Å². The maximum Gasteiger partial charge on any atom is 0.319 e. The van der Waals surface area contributed by atoms with E-state index in [0.717, 1.165) is 6.54 Å². The van der Waals surface area contributed by atoms with Crippen LogP contribution in [-0.4, -0.2) is 36.3 Å². The summed E-state index contributed by atoms with van der Waals surface area (Å²) in [4.78, 5) is 8.10. The fourth-order valence-corrected chi connectivity index (χ4v) is 1.12. The van der Waals surface area contributed by atoms with Gasteiger partial charge in [-0.2, -0.15) is 4.98 Å². The quantitative estimate of drug-likeness (QED) is 0.756. The molecule has 0 aliphatic rings. The van der Waals surface area contributed by atoms with Crippen molar-refractivity contribution in [2.24, 2.45) is 0 Å². The molecule has 0 bridgehead atoms. The van der Waals surface area contributed by atoms with Crippen LogP contribution in [0.4, 0.5) is 0 Å². The molecule has 1 aromatic heterocycles. The third kappa shape index (κ3) is 4.12. The summed E-state index contributed by atoms with van der Waals surface area (Å²) in [6.07, 6.45) is 1.66. The number of nitrogens with one attached hydrogen (secondary N) is 1. The normalized spacial score (nSPS) is 12.2. The molecule has 5 nitrogen and oxygen atoms in total. The molecular formula is C10H17N3O2. The molecule has 1 heterocycles. The molecule has 0 spiro atoms. The maximum absolute atomic E-state index is 5.48. The first-order chi connectivity index (χ1) is 7.26. The molecule has 1 rings (SSSR count). The Hall–Kier alpha value is -1.36. The zero-order chi connectivity index (χ0) is 11.1. The number of hydrogen-bond donors (Lipinski definition) is 1. The van der Waals surface area contributed by atoms with Crippen LogP contribution in [0.15, 0.2) is 12.3 Å². The number of ether oxygens (including phenoxy) is 2. The molecule has 0 fully saturated rings. The zero-order valence-corrected chi connectivity index (χ0v) is 9.36. The Balaban J connectivity index is 2.56. The van der Waals surface area contributed by atoms with E-state index in [1.807, 2.05) is 20.9 Å². The fourth-order valence-electron chi connectivity index (χ4n) is 1.12. The average molecular weight is 211 g/mol. The van der Waals surface area contributed by atoms with E-state index < -0.39 is 0 Å². The van der Waals surface area contributed by atoms with Gasteiger partial charge in [-0.15, -0.1) is 0 Å². The van der Waals surface area contributed by atoms with E-state index in [0.29, 0.717) is 18.5 Å². The number of nitrogens with zero attached hydrogens (tertiary/aromatic N) is 2. The Morgan fingerprint density at radius 2 is 2.33 bits per heavy atom. The number of hydrogen-bond acceptors (Lipinski definition) is 5. The summed E-state index contributed by atoms with van der Waals surface area (Å²) >= 11 is 0. The number of likely N-dealkylation sites (N-methyl/N-ethyl adjacent to an activating group) is 1. The van der Waals surface area contributed by atoms with Crippen molar-refractivity contribution in [3.8, 4) is 11.9 Å². The average Bonchev–Trinajstić information content (AvgIpc) is 2.19. The molecule has 84 valence electrons. The Morgan fingerprint density at radius 3 is 3.00 bits per heavy atom. The van der Waals surface area contributed by atoms with Gasteiger partial charge in [0.15, 0.2) is 0 Å². The van der Waals surface area contributed by atoms with Crippen molar-refractivity contribution >= 4 is 0 Å². The van der Waals surface area contributed by atoms with Crippen LogP contribution in [0.25, 0.3) is 0 Å². The summed E-state index contributed by atoms with van der Waals surface area (Å²) in [5.74, 6) is 0.541. The van der Waals surface area contributed by atoms with Gasteiger partial charge < -0.3 is 14.8 Å². The molecule has 1 unspecified atom stereocenters. The topological polar surface area (TPSA) is 56.3 Å². The molecule has 0 saturated heterocycles. The molecule has 0 aromatic carbocycles. The third-order valence-corrected chi connectivity index (χ3v) is 1.70. The SMILES string of the molecule is CCOc1ccnc(OC(C)CNC)n1. The molecule has 0 amide bonds. The van der Waals surface area contributed by atoms with Gasteiger partial charge in [-0.25, -0.2) is 4.98 Å². The van der Waals surface area contributed by atoms with Crippen molar-refractivity contribution in [1.29, 1.82) is 0 Å². The van der Waals surface area contributed by atoms with Crippen molar-refractivity contribution in [2.45, 2.75) is 20.0 Å². The molecule has 1 aromatic rings. The van der Waals surface area contributed by atoms with E-state index in [1.54, 1.807) is 12.3 Å². The summed E-state index contributed by atoms with van der Waals surface area (Å²) in [5, 5.41) is 3.02. The second kappa shape index (κ2) is 6.19. The van der Waals surface area contributed by atoms with Crippen LogP contribution in [0.3, 0.4) is 0 Å². The summed E-state index contributed by atoms with van der Waals surface area (Å²) in [5.41, 5.74) is 0. The Bertz CT molecular complexity index is 294. The van der Waals surface area contributed by atoms with Crippen LogP contribution in [0.1, 0.15) is 13.8 Å². The number of aromatic nitrogens is 2. The van der Waals surface area contributed by atoms with Gasteiger partial charge in [0, 0.05) is 18.8 Å². The van der Waals surface area contributed by atoms with Crippen molar-refractivity contribution < 1.29 is 9.47 Å². The van der Waals surface area contributed by atoms with E-state index in [2.05, 4.69) is 15.3 Å². The van der Waals surface area contributed by atoms with Crippen molar-refractivity contribution in [3.63, 3.8) is 0 Å². The summed E-state index contributed by atoms with van der Waals surface area (Å²) in [6, 6.07) is 2.06. The molecule has 1 N–H and O–H groups in total. The Kier molecular flexibility index (Phi) is 4.83. The minimum Gasteiger partial charge on any atom is -0.478 e. The maximum atomic E-state index is 5.48. The van der Waals surface area contributed by atoms with Crippen LogP contribution >= 0.6 is 0 Å². The fraction of sp³-hybridized carbons (Fsp3) is 0.600. The first kappa shape index (κ1) is 11.7. The molecule has 1 atom stereocenters. The largest absolute Gasteiger partial charge is 0.478 e. The lowest BCUT2D eigenvalue weighted by Crippen LogP contribution is -2.26. The van der Waals surface area contributed by atoms with E-state index in [1.165, 1.54) is 0 Å². The van der Waals surface area contributed by atoms with Gasteiger partial charge in [0.05, 0.1) is 6.61 Å². The highest BCUT2D eigenvalue weighted by molar-refractivity contribution is 5.11. The zero-order valence-electron chi connectivity index (χ0n) is 9.36. The van der Waals surface area contributed by atoms with Gasteiger partial charge in [-0.1, -0.05) is 0 Å². The van der Waals surface area contributed by atoms with E-state index in [9.17, 15) is 0 Å². The van der Waals surface area contributed by atoms with Gasteiger partial charge in [-0.3, -0.25) is 0 Å². The van der Waals surface area contributed by atoms with Crippen LogP contribution in [0, 0.1) is 0 Å². The summed E-state index contributed by atoms with van der Waals surface area (Å²) < 4.78 is 10.7. The van der Waals surface area contributed by atoms with Gasteiger partial charge in [0.25, 0.3) is 0 Å². The second-order valence-electron chi connectivity index (χ2n) is 3.10. The lowest BCUT2D eigenvalue weighted by atomic mass is 10.4. The number of rotatable bonds is 6. The predicted molar refractivity (Wildman–Crippen MR) is 57.2 cm³/mol. The van der Waals surface area contributed by atoms with Crippen molar-refractivity contribution in [3.05, 3.63) is 12.3 Å². The highest BCUT2D eigenvalue weighted by Gasteiger charge is 2.05. The molecule has 5 heteroatoms. The lowest BCUT2D eigenvalue weighted by molar-refractivity contribution is 0.198. The molecule has 0 radical (unpaired) electrons. The minimum atomic E-state index is 0.0341. The van der Waals surface area contributed by atoms with Gasteiger partial charge in [0.1, 0.15) is 6.10 Å². The standard InChI is InChI=1S/C10H17N3O2/c1-4-14-9-5-6-12-10(13-9)15-8(2)7-11-3/h5-6,8,11H,4,7H2,1-3H3. The van der Waals surface area contributed by atoms with E-state index in [-0.39, 0.29) is 6.10 Å². The van der Waals surface area contributed by atoms with Crippen LogP contribution in [-0.2, 0) is 0 Å². The van der Waals surface area contributed by atoms with E-state index >= 15 is 0 Å². The first-order valence-electron chi connectivity index (χ1n) is 5.03. The molecule has 0 aliphatic heterocycles. The Morgan fingerprint density at radius 1 is 1.53 bits per heavy atom. The third-order valence-electron chi connectivity index (χ3n) is 1.70.